The molecule has 0 atom stereocenters. The second-order valence-corrected chi connectivity index (χ2v) is 5.87. The number of carbonyl (C=O) groups excluding carboxylic acids is 1. The molecular weight excluding hydrogens is 349 g/mol. The van der Waals surface area contributed by atoms with Crippen LogP contribution in [0.15, 0.2) is 0 Å². The summed E-state index contributed by atoms with van der Waals surface area (Å²) in [6.45, 7) is 1.41. The van der Waals surface area contributed by atoms with Crippen LogP contribution in [0.3, 0.4) is 0 Å². The maximum Gasteiger partial charge on any atom is 0.453 e. The molecule has 0 radical (unpaired) electrons. The van der Waals surface area contributed by atoms with Crippen LogP contribution in [0, 0.1) is 0 Å². The fourth-order valence-electron chi connectivity index (χ4n) is 2.10. The van der Waals surface area contributed by atoms with Gasteiger partial charge in [-0.2, -0.15) is 22.0 Å². The number of nitrogens with one attached hydrogen (secondary N) is 1. The van der Waals surface area contributed by atoms with Crippen molar-refractivity contribution < 1.29 is 36.6 Å². The lowest BCUT2D eigenvalue weighted by Crippen LogP contribution is -2.36. The van der Waals surface area contributed by atoms with Crippen molar-refractivity contribution in [3.05, 3.63) is 0 Å². The van der Waals surface area contributed by atoms with E-state index in [1.807, 2.05) is 0 Å². The zero-order chi connectivity index (χ0) is 19.2. The highest BCUT2D eigenvalue weighted by Gasteiger charge is 2.56. The van der Waals surface area contributed by atoms with Crippen LogP contribution in [0.1, 0.15) is 57.8 Å². The van der Waals surface area contributed by atoms with Gasteiger partial charge in [0.1, 0.15) is 0 Å². The van der Waals surface area contributed by atoms with Crippen LogP contribution in [-0.2, 0) is 9.53 Å². The Morgan fingerprint density at radius 3 is 2.16 bits per heavy atom. The van der Waals surface area contributed by atoms with E-state index in [0.29, 0.717) is 13.0 Å². The number of esters is 1. The third kappa shape index (κ3) is 13.0. The lowest BCUT2D eigenvalue weighted by atomic mass is 10.1. The zero-order valence-electron chi connectivity index (χ0n) is 14.3. The number of hydrogen-bond acceptors (Lipinski definition) is 4. The Balaban J connectivity index is 3.45. The molecule has 0 rings (SSSR count). The highest BCUT2D eigenvalue weighted by atomic mass is 19.4. The van der Waals surface area contributed by atoms with Crippen molar-refractivity contribution in [2.75, 3.05) is 26.3 Å². The van der Waals surface area contributed by atoms with E-state index in [0.717, 1.165) is 32.2 Å². The molecule has 0 unspecified atom stereocenters. The van der Waals surface area contributed by atoms with Gasteiger partial charge in [0.2, 0.25) is 0 Å². The van der Waals surface area contributed by atoms with Gasteiger partial charge in [-0.25, -0.2) is 0 Å². The van der Waals surface area contributed by atoms with Crippen LogP contribution >= 0.6 is 0 Å². The largest absolute Gasteiger partial charge is 0.466 e. The van der Waals surface area contributed by atoms with Crippen LogP contribution in [0.2, 0.25) is 0 Å². The maximum absolute atomic E-state index is 12.6. The summed E-state index contributed by atoms with van der Waals surface area (Å²) in [6, 6.07) is 0. The van der Waals surface area contributed by atoms with E-state index < -0.39 is 24.5 Å². The van der Waals surface area contributed by atoms with Crippen molar-refractivity contribution in [2.24, 2.45) is 0 Å². The molecule has 0 aliphatic carbocycles. The first-order valence-electron chi connectivity index (χ1n) is 8.62. The molecule has 150 valence electrons. The smallest absolute Gasteiger partial charge is 0.453 e. The SMILES string of the molecule is O=C(CCCCCCCNCCO)OCCCCC(F)(F)C(F)(F)F. The molecule has 4 nitrogen and oxygen atoms in total. The second-order valence-electron chi connectivity index (χ2n) is 5.87. The summed E-state index contributed by atoms with van der Waals surface area (Å²) in [6.07, 6.45) is -2.46. The van der Waals surface area contributed by atoms with E-state index in [9.17, 15) is 26.7 Å². The van der Waals surface area contributed by atoms with Gasteiger partial charge in [-0.1, -0.05) is 19.3 Å². The first-order chi connectivity index (χ1) is 11.7. The standard InChI is InChI=1S/C16H28F5NO3/c17-15(18,16(19,20)21)9-5-7-13-25-14(24)8-4-2-1-3-6-10-22-11-12-23/h22-23H,1-13H2. The van der Waals surface area contributed by atoms with Crippen LogP contribution in [0.5, 0.6) is 0 Å². The van der Waals surface area contributed by atoms with Gasteiger partial charge in [0.15, 0.2) is 0 Å². The quantitative estimate of drug-likeness (QED) is 0.259. The normalized spacial score (nSPS) is 12.4. The Kier molecular flexibility index (Phi) is 12.8. The summed E-state index contributed by atoms with van der Waals surface area (Å²) in [5, 5.41) is 11.6. The third-order valence-electron chi connectivity index (χ3n) is 3.59. The fourth-order valence-corrected chi connectivity index (χ4v) is 2.10. The molecular formula is C16H28F5NO3. The Morgan fingerprint density at radius 2 is 1.52 bits per heavy atom. The van der Waals surface area contributed by atoms with E-state index in [1.165, 1.54) is 0 Å². The van der Waals surface area contributed by atoms with E-state index in [-0.39, 0.29) is 32.5 Å². The minimum Gasteiger partial charge on any atom is -0.466 e. The predicted octanol–water partition coefficient (Wildman–Crippen LogP) is 3.82. The molecule has 25 heavy (non-hydrogen) atoms. The van der Waals surface area contributed by atoms with Crippen LogP contribution in [0.25, 0.3) is 0 Å². The lowest BCUT2D eigenvalue weighted by molar-refractivity contribution is -0.284. The van der Waals surface area contributed by atoms with Crippen molar-refractivity contribution in [3.63, 3.8) is 0 Å². The molecule has 0 aliphatic heterocycles. The molecule has 0 saturated heterocycles. The summed E-state index contributed by atoms with van der Waals surface area (Å²) in [5.74, 6) is -5.14. The predicted molar refractivity (Wildman–Crippen MR) is 83.5 cm³/mol. The topological polar surface area (TPSA) is 58.6 Å². The van der Waals surface area contributed by atoms with Gasteiger partial charge in [-0.05, 0) is 32.2 Å². The molecule has 0 spiro atoms. The highest BCUT2D eigenvalue weighted by molar-refractivity contribution is 5.69. The summed E-state index contributed by atoms with van der Waals surface area (Å²) < 4.78 is 65.8. The zero-order valence-corrected chi connectivity index (χ0v) is 14.3. The van der Waals surface area contributed by atoms with Gasteiger partial charge in [-0.15, -0.1) is 0 Å². The van der Waals surface area contributed by atoms with E-state index in [2.05, 4.69) is 5.32 Å². The van der Waals surface area contributed by atoms with Gasteiger partial charge in [-0.3, -0.25) is 4.79 Å². The minimum absolute atomic E-state index is 0.0156. The van der Waals surface area contributed by atoms with Crippen molar-refractivity contribution in [1.82, 2.24) is 5.32 Å². The van der Waals surface area contributed by atoms with Gasteiger partial charge >= 0.3 is 18.1 Å². The molecule has 0 aromatic heterocycles. The van der Waals surface area contributed by atoms with Gasteiger partial charge in [0.25, 0.3) is 0 Å². The van der Waals surface area contributed by atoms with E-state index in [1.54, 1.807) is 0 Å². The summed E-state index contributed by atoms with van der Waals surface area (Å²) in [7, 11) is 0. The Hall–Kier alpha value is -0.960. The van der Waals surface area contributed by atoms with Crippen molar-refractivity contribution in [2.45, 2.75) is 69.9 Å². The molecule has 0 fully saturated rings. The molecule has 0 aliphatic rings. The minimum atomic E-state index is -5.53. The molecule has 2 N–H and O–H groups in total. The second kappa shape index (κ2) is 13.3. The van der Waals surface area contributed by atoms with Crippen LogP contribution in [0.4, 0.5) is 22.0 Å². The first kappa shape index (κ1) is 24.0. The van der Waals surface area contributed by atoms with Crippen LogP contribution < -0.4 is 5.32 Å². The van der Waals surface area contributed by atoms with E-state index >= 15 is 0 Å². The Labute approximate surface area is 145 Å². The van der Waals surface area contributed by atoms with Crippen molar-refractivity contribution in [3.8, 4) is 0 Å². The summed E-state index contributed by atoms with van der Waals surface area (Å²) >= 11 is 0. The van der Waals surface area contributed by atoms with Crippen LogP contribution in [-0.4, -0.2) is 49.5 Å². The number of aliphatic hydroxyl groups is 1. The third-order valence-corrected chi connectivity index (χ3v) is 3.59. The number of aliphatic hydroxyl groups excluding tert-OH is 1. The molecule has 0 aromatic rings. The maximum atomic E-state index is 12.6. The monoisotopic (exact) mass is 377 g/mol. The summed E-state index contributed by atoms with van der Waals surface area (Å²) in [4.78, 5) is 11.4. The van der Waals surface area contributed by atoms with Gasteiger partial charge in [0.05, 0.1) is 13.2 Å². The number of alkyl halides is 5. The first-order valence-corrected chi connectivity index (χ1v) is 8.62. The van der Waals surface area contributed by atoms with Crippen molar-refractivity contribution in [1.29, 1.82) is 0 Å². The Morgan fingerprint density at radius 1 is 0.880 bits per heavy atom. The average Bonchev–Trinajstić information content (AvgIpc) is 2.51. The lowest BCUT2D eigenvalue weighted by Gasteiger charge is -2.19. The molecule has 0 heterocycles. The fraction of sp³-hybridized carbons (Fsp3) is 0.938. The van der Waals surface area contributed by atoms with Crippen molar-refractivity contribution >= 4 is 5.97 Å². The van der Waals surface area contributed by atoms with Gasteiger partial charge in [0, 0.05) is 19.4 Å². The molecule has 0 aromatic carbocycles. The number of halogens is 5. The molecule has 0 amide bonds. The number of unbranched alkanes of at least 4 members (excludes halogenated alkanes) is 5. The molecule has 0 saturated carbocycles. The highest BCUT2D eigenvalue weighted by Crippen LogP contribution is 2.39. The molecule has 0 bridgehead atoms. The Bertz CT molecular complexity index is 351. The number of rotatable bonds is 15. The van der Waals surface area contributed by atoms with Gasteiger partial charge < -0.3 is 15.2 Å². The number of carbonyl (C=O) groups is 1. The number of ether oxygens (including phenoxy) is 1. The average molecular weight is 377 g/mol. The van der Waals surface area contributed by atoms with E-state index in [4.69, 9.17) is 9.84 Å². The number of hydrogen-bond donors (Lipinski definition) is 2. The molecule has 9 heteroatoms. The summed E-state index contributed by atoms with van der Waals surface area (Å²) in [5.41, 5.74) is 0.